The van der Waals surface area contributed by atoms with Gasteiger partial charge in [0.25, 0.3) is 0 Å². The fraction of sp³-hybridized carbons (Fsp3) is 0. The molecule has 0 saturated carbocycles. The lowest BCUT2D eigenvalue weighted by atomic mass is 9.99. The third-order valence-corrected chi connectivity index (χ3v) is 13.0. The summed E-state index contributed by atoms with van der Waals surface area (Å²) in [7, 11) is 0. The van der Waals surface area contributed by atoms with Gasteiger partial charge in [0.1, 0.15) is 0 Å². The zero-order valence-electron chi connectivity index (χ0n) is 30.5. The predicted molar refractivity (Wildman–Crippen MR) is 240 cm³/mol. The fourth-order valence-electron chi connectivity index (χ4n) is 9.36. The summed E-state index contributed by atoms with van der Waals surface area (Å²) >= 11 is 1.77. The average Bonchev–Trinajstić information content (AvgIpc) is 4.02. The van der Waals surface area contributed by atoms with Gasteiger partial charge in [0.05, 0.1) is 37.8 Å². The van der Waals surface area contributed by atoms with Gasteiger partial charge in [0.15, 0.2) is 11.6 Å². The Kier molecular flexibility index (Phi) is 6.29. The van der Waals surface area contributed by atoms with E-state index < -0.39 is 0 Å². The molecular formula is C52H30N4S. The van der Waals surface area contributed by atoms with Crippen molar-refractivity contribution in [3.05, 3.63) is 182 Å². The highest BCUT2D eigenvalue weighted by atomic mass is 32.1. The molecule has 0 atom stereocenters. The van der Waals surface area contributed by atoms with Gasteiger partial charge in [-0.1, -0.05) is 146 Å². The first-order valence-corrected chi connectivity index (χ1v) is 20.2. The van der Waals surface area contributed by atoms with Crippen molar-refractivity contribution in [2.24, 2.45) is 0 Å². The van der Waals surface area contributed by atoms with E-state index in [2.05, 4.69) is 185 Å². The first kappa shape index (κ1) is 30.9. The van der Waals surface area contributed by atoms with Crippen LogP contribution in [0.2, 0.25) is 0 Å². The van der Waals surface area contributed by atoms with Crippen molar-refractivity contribution < 1.29 is 0 Å². The van der Waals surface area contributed by atoms with Crippen molar-refractivity contribution in [2.45, 2.75) is 0 Å². The Labute approximate surface area is 330 Å². The lowest BCUT2D eigenvalue weighted by molar-refractivity contribution is 1.08. The first-order valence-electron chi connectivity index (χ1n) is 19.3. The second-order valence-corrected chi connectivity index (χ2v) is 16.0. The lowest BCUT2D eigenvalue weighted by Gasteiger charge is -2.11. The van der Waals surface area contributed by atoms with E-state index in [9.17, 15) is 0 Å². The summed E-state index contributed by atoms with van der Waals surface area (Å²) in [4.78, 5) is 10.8. The van der Waals surface area contributed by atoms with E-state index >= 15 is 0 Å². The van der Waals surface area contributed by atoms with Crippen molar-refractivity contribution >= 4 is 91.5 Å². The van der Waals surface area contributed by atoms with Crippen molar-refractivity contribution in [3.8, 4) is 39.5 Å². The average molecular weight is 743 g/mol. The fourth-order valence-corrected chi connectivity index (χ4v) is 10.5. The molecule has 0 bridgehead atoms. The summed E-state index contributed by atoms with van der Waals surface area (Å²) in [5.41, 5.74) is 12.7. The zero-order valence-corrected chi connectivity index (χ0v) is 31.3. The molecule has 0 unspecified atom stereocenters. The van der Waals surface area contributed by atoms with E-state index in [1.165, 1.54) is 75.8 Å². The highest BCUT2D eigenvalue weighted by molar-refractivity contribution is 7.26. The maximum Gasteiger partial charge on any atom is 0.162 e. The second kappa shape index (κ2) is 11.6. The van der Waals surface area contributed by atoms with E-state index in [4.69, 9.17) is 9.97 Å². The number of nitrogens with zero attached hydrogens (tertiary/aromatic N) is 4. The molecule has 0 N–H and O–H groups in total. The van der Waals surface area contributed by atoms with Crippen LogP contribution in [0.5, 0.6) is 0 Å². The van der Waals surface area contributed by atoms with Crippen LogP contribution in [0.3, 0.4) is 0 Å². The number of hydrogen-bond acceptors (Lipinski definition) is 3. The van der Waals surface area contributed by atoms with Gasteiger partial charge in [-0.3, -0.25) is 4.57 Å². The van der Waals surface area contributed by atoms with Crippen LogP contribution < -0.4 is 0 Å². The molecule has 13 rings (SSSR count). The maximum atomic E-state index is 5.53. The summed E-state index contributed by atoms with van der Waals surface area (Å²) in [6, 6.07) is 65.7. The Bertz CT molecular complexity index is 3730. The standard InChI is InChI=1S/C52H30N4S/c1-4-14-31(15-5-1)34-25-27-42-40(28-34)46-44(56(42)52-50-48(38-21-11-13-23-45(38)57-50)53-51(54-52)33-18-8-3-9-19-33)30-39-36-26-24-35(32-16-6-2-7-17-32)29-43(36)55-41-22-12-10-20-37(41)47(46)49(39)55/h1-30H. The highest BCUT2D eigenvalue weighted by Gasteiger charge is 2.27. The second-order valence-electron chi connectivity index (χ2n) is 14.9. The highest BCUT2D eigenvalue weighted by Crippen LogP contribution is 2.49. The number of hydrogen-bond donors (Lipinski definition) is 0. The Morgan fingerprint density at radius 1 is 0.386 bits per heavy atom. The van der Waals surface area contributed by atoms with Gasteiger partial charge in [0.2, 0.25) is 0 Å². The molecule has 57 heavy (non-hydrogen) atoms. The molecule has 0 aliphatic carbocycles. The van der Waals surface area contributed by atoms with Crippen LogP contribution in [0.4, 0.5) is 0 Å². The van der Waals surface area contributed by atoms with E-state index in [1.54, 1.807) is 11.3 Å². The predicted octanol–water partition coefficient (Wildman–Crippen LogP) is 14.1. The molecule has 0 fully saturated rings. The normalized spacial score (nSPS) is 12.2. The van der Waals surface area contributed by atoms with E-state index in [-0.39, 0.29) is 0 Å². The molecule has 0 saturated heterocycles. The third kappa shape index (κ3) is 4.32. The number of thiophene rings is 1. The van der Waals surface area contributed by atoms with Crippen molar-refractivity contribution in [1.29, 1.82) is 0 Å². The van der Waals surface area contributed by atoms with Gasteiger partial charge < -0.3 is 4.40 Å². The van der Waals surface area contributed by atoms with Gasteiger partial charge in [-0.2, -0.15) is 0 Å². The Morgan fingerprint density at radius 2 is 1.04 bits per heavy atom. The zero-order chi connectivity index (χ0) is 37.2. The third-order valence-electron chi connectivity index (χ3n) is 11.9. The molecule has 264 valence electrons. The molecule has 5 heteroatoms. The summed E-state index contributed by atoms with van der Waals surface area (Å²) < 4.78 is 7.22. The quantitative estimate of drug-likeness (QED) is 0.180. The van der Waals surface area contributed by atoms with Crippen molar-refractivity contribution in [2.75, 3.05) is 0 Å². The van der Waals surface area contributed by atoms with Crippen molar-refractivity contribution in [1.82, 2.24) is 18.9 Å². The first-order chi connectivity index (χ1) is 28.3. The Balaban J connectivity index is 1.24. The molecule has 5 aromatic heterocycles. The number of rotatable bonds is 4. The molecular weight excluding hydrogens is 713 g/mol. The molecule has 0 amide bonds. The minimum atomic E-state index is 0.721. The molecule has 0 aliphatic heterocycles. The Hall–Kier alpha value is -7.34. The molecule has 0 aliphatic rings. The van der Waals surface area contributed by atoms with Crippen LogP contribution in [-0.4, -0.2) is 18.9 Å². The minimum Gasteiger partial charge on any atom is -0.308 e. The van der Waals surface area contributed by atoms with Crippen LogP contribution >= 0.6 is 11.3 Å². The summed E-state index contributed by atoms with van der Waals surface area (Å²) in [5, 5.41) is 8.59. The monoisotopic (exact) mass is 742 g/mol. The smallest absolute Gasteiger partial charge is 0.162 e. The van der Waals surface area contributed by atoms with Gasteiger partial charge in [-0.05, 0) is 58.7 Å². The molecule has 5 heterocycles. The molecule has 0 spiro atoms. The molecule has 8 aromatic carbocycles. The maximum absolute atomic E-state index is 5.53. The van der Waals surface area contributed by atoms with Crippen LogP contribution in [-0.2, 0) is 0 Å². The number of fused-ring (bicyclic) bond motifs is 13. The van der Waals surface area contributed by atoms with Gasteiger partial charge in [-0.15, -0.1) is 11.3 Å². The van der Waals surface area contributed by atoms with Crippen molar-refractivity contribution in [3.63, 3.8) is 0 Å². The van der Waals surface area contributed by atoms with Gasteiger partial charge >= 0.3 is 0 Å². The van der Waals surface area contributed by atoms with Gasteiger partial charge in [-0.25, -0.2) is 9.97 Å². The lowest BCUT2D eigenvalue weighted by Crippen LogP contribution is -2.01. The van der Waals surface area contributed by atoms with E-state index in [0.717, 1.165) is 43.8 Å². The summed E-state index contributed by atoms with van der Waals surface area (Å²) in [6.07, 6.45) is 0. The minimum absolute atomic E-state index is 0.721. The summed E-state index contributed by atoms with van der Waals surface area (Å²) in [5.74, 6) is 1.62. The van der Waals surface area contributed by atoms with Gasteiger partial charge in [0, 0.05) is 48.0 Å². The van der Waals surface area contributed by atoms with Crippen LogP contribution in [0.25, 0.3) is 120 Å². The number of aromatic nitrogens is 4. The molecule has 0 radical (unpaired) electrons. The summed E-state index contributed by atoms with van der Waals surface area (Å²) in [6.45, 7) is 0. The van der Waals surface area contributed by atoms with Crippen LogP contribution in [0.15, 0.2) is 182 Å². The number of benzene rings is 8. The number of para-hydroxylation sites is 1. The Morgan fingerprint density at radius 3 is 1.81 bits per heavy atom. The largest absolute Gasteiger partial charge is 0.308 e. The molecule has 4 nitrogen and oxygen atoms in total. The van der Waals surface area contributed by atoms with Crippen LogP contribution in [0, 0.1) is 0 Å². The van der Waals surface area contributed by atoms with Crippen LogP contribution in [0.1, 0.15) is 0 Å². The van der Waals surface area contributed by atoms with E-state index in [0.29, 0.717) is 0 Å². The molecule has 13 aromatic rings. The SMILES string of the molecule is c1ccc(-c2ccc3c(c2)c2c4c5ccccc5n5c6cc(-c7ccccc7)ccc6c(cc2n3-c2nc(-c3ccccc3)nc3c2sc2ccccc23)c45)cc1. The topological polar surface area (TPSA) is 35.1 Å². The van der Waals surface area contributed by atoms with E-state index in [1.807, 2.05) is 6.07 Å².